The van der Waals surface area contributed by atoms with Crippen LogP contribution in [0, 0.1) is 11.8 Å². The van der Waals surface area contributed by atoms with Crippen molar-refractivity contribution in [2.75, 3.05) is 0 Å². The van der Waals surface area contributed by atoms with Gasteiger partial charge in [0, 0.05) is 0 Å². The predicted octanol–water partition coefficient (Wildman–Crippen LogP) is -0.341. The number of hydrogen-bond acceptors (Lipinski definition) is 2. The molecule has 2 aliphatic rings. The highest BCUT2D eigenvalue weighted by Gasteiger charge is 2.42. The summed E-state index contributed by atoms with van der Waals surface area (Å²) in [4.78, 5) is 19.9. The fourth-order valence-electron chi connectivity index (χ4n) is 0.917. The summed E-state index contributed by atoms with van der Waals surface area (Å²) in [7, 11) is 0. The highest BCUT2D eigenvalue weighted by atomic mass is 19.1. The van der Waals surface area contributed by atoms with E-state index in [1.165, 1.54) is 0 Å². The number of hydrogen-bond donors (Lipinski definition) is 2. The van der Waals surface area contributed by atoms with Gasteiger partial charge in [0.15, 0.2) is 0 Å². The average molecular weight is 206 g/mol. The fraction of sp³-hybridized carbons (Fsp3) is 0.750. The van der Waals surface area contributed by atoms with E-state index >= 15 is 0 Å². The third-order valence-corrected chi connectivity index (χ3v) is 2.16. The van der Waals surface area contributed by atoms with Crippen molar-refractivity contribution >= 4 is 11.8 Å². The molecule has 0 aliphatic heterocycles. The van der Waals surface area contributed by atoms with Gasteiger partial charge in [0.05, 0.1) is 11.8 Å². The van der Waals surface area contributed by atoms with Gasteiger partial charge in [-0.15, -0.1) is 0 Å². The molecule has 14 heavy (non-hydrogen) atoms. The molecule has 0 heterocycles. The van der Waals surface area contributed by atoms with Crippen molar-refractivity contribution in [3.05, 3.63) is 0 Å². The van der Waals surface area contributed by atoms with Crippen molar-refractivity contribution in [2.24, 2.45) is 23.3 Å². The zero-order valence-electron chi connectivity index (χ0n) is 7.45. The van der Waals surface area contributed by atoms with Gasteiger partial charge >= 0.3 is 0 Å². The van der Waals surface area contributed by atoms with Gasteiger partial charge in [0.25, 0.3) is 0 Å². The molecule has 0 radical (unpaired) electrons. The van der Waals surface area contributed by atoms with Crippen LogP contribution in [-0.4, -0.2) is 24.2 Å². The third-order valence-electron chi connectivity index (χ3n) is 2.16. The smallest absolute Gasteiger partial charge is 0.223 e. The Bertz CT molecular complexity index is 234. The lowest BCUT2D eigenvalue weighted by molar-refractivity contribution is -0.120. The monoisotopic (exact) mass is 206 g/mol. The first-order valence-electron chi connectivity index (χ1n) is 4.30. The van der Waals surface area contributed by atoms with Crippen molar-refractivity contribution < 1.29 is 18.4 Å². The van der Waals surface area contributed by atoms with Crippen molar-refractivity contribution in [3.63, 3.8) is 0 Å². The van der Waals surface area contributed by atoms with Gasteiger partial charge in [-0.25, -0.2) is 8.78 Å². The van der Waals surface area contributed by atoms with Crippen LogP contribution in [0.4, 0.5) is 8.78 Å². The number of nitrogens with two attached hydrogens (primary N) is 2. The molecule has 2 saturated carbocycles. The molecule has 0 spiro atoms. The van der Waals surface area contributed by atoms with Crippen LogP contribution in [0.25, 0.3) is 0 Å². The van der Waals surface area contributed by atoms with Crippen LogP contribution >= 0.6 is 0 Å². The van der Waals surface area contributed by atoms with E-state index in [9.17, 15) is 18.4 Å². The summed E-state index contributed by atoms with van der Waals surface area (Å²) in [5, 5.41) is 0. The van der Waals surface area contributed by atoms with Crippen molar-refractivity contribution in [1.82, 2.24) is 0 Å². The first-order valence-corrected chi connectivity index (χ1v) is 4.30. The van der Waals surface area contributed by atoms with Gasteiger partial charge in [-0.1, -0.05) is 0 Å². The highest BCUT2D eigenvalue weighted by Crippen LogP contribution is 2.33. The van der Waals surface area contributed by atoms with Crippen LogP contribution in [-0.2, 0) is 9.59 Å². The first-order chi connectivity index (χ1) is 6.43. The van der Waals surface area contributed by atoms with Crippen molar-refractivity contribution in [3.8, 4) is 0 Å². The second-order valence-corrected chi connectivity index (χ2v) is 3.52. The molecule has 0 bridgehead atoms. The van der Waals surface area contributed by atoms with Gasteiger partial charge in [-0.05, 0) is 12.8 Å². The maximum atomic E-state index is 11.7. The molecule has 4 atom stereocenters. The minimum Gasteiger partial charge on any atom is -0.369 e. The lowest BCUT2D eigenvalue weighted by atomic mass is 10.4. The molecular formula is C8H12F2N2O2. The van der Waals surface area contributed by atoms with Crippen LogP contribution in [0.3, 0.4) is 0 Å². The number of rotatable bonds is 2. The minimum absolute atomic E-state index is 0.343. The molecule has 0 aromatic rings. The Kier molecular flexibility index (Phi) is 3.03. The summed E-state index contributed by atoms with van der Waals surface area (Å²) in [6.07, 6.45) is -1.18. The second kappa shape index (κ2) is 3.89. The molecule has 0 saturated heterocycles. The molecule has 2 amide bonds. The van der Waals surface area contributed by atoms with Gasteiger partial charge in [0.2, 0.25) is 11.8 Å². The van der Waals surface area contributed by atoms with Crippen LogP contribution in [0.2, 0.25) is 0 Å². The van der Waals surface area contributed by atoms with Crippen molar-refractivity contribution in [2.45, 2.75) is 25.2 Å². The zero-order chi connectivity index (χ0) is 10.9. The lowest BCUT2D eigenvalue weighted by Crippen LogP contribution is -2.13. The quantitative estimate of drug-likeness (QED) is 0.647. The summed E-state index contributed by atoms with van der Waals surface area (Å²) in [6, 6.07) is 0. The molecule has 4 N–H and O–H groups in total. The van der Waals surface area contributed by atoms with E-state index in [2.05, 4.69) is 0 Å². The van der Waals surface area contributed by atoms with Gasteiger partial charge < -0.3 is 11.5 Å². The SMILES string of the molecule is NC(=O)[C@@H]1C[C@@H]1F.NC(=O)[C@H]1C[C@H]1F. The molecule has 0 unspecified atom stereocenters. The number of halogens is 2. The Morgan fingerprint density at radius 2 is 1.14 bits per heavy atom. The van der Waals surface area contributed by atoms with Crippen LogP contribution in [0.5, 0.6) is 0 Å². The molecule has 6 heteroatoms. The minimum atomic E-state index is -0.933. The number of carbonyl (C=O) groups is 2. The van der Waals surface area contributed by atoms with Crippen molar-refractivity contribution in [1.29, 1.82) is 0 Å². The Labute approximate surface area is 79.6 Å². The maximum Gasteiger partial charge on any atom is 0.223 e. The van der Waals surface area contributed by atoms with Crippen LogP contribution in [0.15, 0.2) is 0 Å². The molecule has 2 aliphatic carbocycles. The molecule has 4 nitrogen and oxygen atoms in total. The number of alkyl halides is 2. The maximum absolute atomic E-state index is 11.7. The van der Waals surface area contributed by atoms with E-state index in [1.807, 2.05) is 0 Å². The van der Waals surface area contributed by atoms with Gasteiger partial charge in [-0.2, -0.15) is 0 Å². The largest absolute Gasteiger partial charge is 0.369 e. The summed E-state index contributed by atoms with van der Waals surface area (Å²) < 4.78 is 23.5. The molecule has 2 fully saturated rings. The molecule has 0 aromatic heterocycles. The van der Waals surface area contributed by atoms with E-state index in [1.54, 1.807) is 0 Å². The summed E-state index contributed by atoms with van der Waals surface area (Å²) in [5.74, 6) is -1.93. The van der Waals surface area contributed by atoms with Gasteiger partial charge in [0.1, 0.15) is 12.3 Å². The van der Waals surface area contributed by atoms with Gasteiger partial charge in [-0.3, -0.25) is 9.59 Å². The molecule has 0 aromatic carbocycles. The second-order valence-electron chi connectivity index (χ2n) is 3.52. The standard InChI is InChI=1S/2C4H6FNO/c2*5-3-1-2(3)4(6)7/h2*2-3H,1H2,(H2,6,7)/t2*2-,3+/m10/s1. The summed E-state index contributed by atoms with van der Waals surface area (Å²) >= 11 is 0. The average Bonchev–Trinajstić information content (AvgIpc) is 2.90. The molecule has 2 rings (SSSR count). The Morgan fingerprint density at radius 3 is 1.14 bits per heavy atom. The highest BCUT2D eigenvalue weighted by molar-refractivity contribution is 5.80. The molecule has 80 valence electrons. The zero-order valence-corrected chi connectivity index (χ0v) is 7.45. The summed E-state index contributed by atoms with van der Waals surface area (Å²) in [6.45, 7) is 0. The number of amides is 2. The Morgan fingerprint density at radius 1 is 0.929 bits per heavy atom. The lowest BCUT2D eigenvalue weighted by Gasteiger charge is -1.79. The van der Waals surface area contributed by atoms with E-state index < -0.39 is 36.0 Å². The third kappa shape index (κ3) is 2.93. The number of carbonyl (C=O) groups excluding carboxylic acids is 2. The Hall–Kier alpha value is -1.20. The van der Waals surface area contributed by atoms with E-state index in [0.29, 0.717) is 12.8 Å². The summed E-state index contributed by atoms with van der Waals surface area (Å²) in [5.41, 5.74) is 9.42. The molecular weight excluding hydrogens is 194 g/mol. The van der Waals surface area contributed by atoms with Crippen LogP contribution in [0.1, 0.15) is 12.8 Å². The van der Waals surface area contributed by atoms with E-state index in [0.717, 1.165) is 0 Å². The topological polar surface area (TPSA) is 86.2 Å². The Balaban J connectivity index is 0.000000140. The van der Waals surface area contributed by atoms with E-state index in [4.69, 9.17) is 11.5 Å². The normalized spacial score (nSPS) is 37.9. The number of primary amides is 2. The first kappa shape index (κ1) is 10.9. The van der Waals surface area contributed by atoms with E-state index in [-0.39, 0.29) is 0 Å². The fourth-order valence-corrected chi connectivity index (χ4v) is 0.917. The predicted molar refractivity (Wildman–Crippen MR) is 44.4 cm³/mol. The van der Waals surface area contributed by atoms with Crippen LogP contribution < -0.4 is 11.5 Å².